The molecule has 0 saturated carbocycles. The predicted octanol–water partition coefficient (Wildman–Crippen LogP) is 3.04. The number of halogens is 1. The summed E-state index contributed by atoms with van der Waals surface area (Å²) >= 11 is 3.44. The van der Waals surface area contributed by atoms with Crippen LogP contribution in [0.1, 0.15) is 18.9 Å². The highest BCUT2D eigenvalue weighted by molar-refractivity contribution is 9.10. The molecule has 1 unspecified atom stereocenters. The van der Waals surface area contributed by atoms with Gasteiger partial charge >= 0.3 is 0 Å². The van der Waals surface area contributed by atoms with Gasteiger partial charge in [-0.3, -0.25) is 4.90 Å². The fourth-order valence-corrected chi connectivity index (χ4v) is 1.89. The zero-order valence-corrected chi connectivity index (χ0v) is 9.42. The van der Waals surface area contributed by atoms with Crippen LogP contribution in [0.3, 0.4) is 0 Å². The Balaban J connectivity index is 1.98. The van der Waals surface area contributed by atoms with Crippen molar-refractivity contribution in [2.24, 2.45) is 0 Å². The molecule has 0 amide bonds. The normalized spacial score (nSPS) is 22.8. The fourth-order valence-electron chi connectivity index (χ4n) is 1.63. The van der Waals surface area contributed by atoms with E-state index in [1.165, 1.54) is 18.5 Å². The molecule has 1 aliphatic heterocycles. The number of likely N-dealkylation sites (tertiary alicyclic amines) is 1. The van der Waals surface area contributed by atoms with E-state index in [1.807, 2.05) is 0 Å². The van der Waals surface area contributed by atoms with Gasteiger partial charge in [0.15, 0.2) is 0 Å². The minimum atomic E-state index is 0.781. The summed E-state index contributed by atoms with van der Waals surface area (Å²) in [4.78, 5) is 2.50. The van der Waals surface area contributed by atoms with E-state index in [1.54, 1.807) is 0 Å². The van der Waals surface area contributed by atoms with Gasteiger partial charge in [0.05, 0.1) is 0 Å². The van der Waals surface area contributed by atoms with Crippen molar-refractivity contribution < 1.29 is 0 Å². The van der Waals surface area contributed by atoms with Crippen molar-refractivity contribution in [1.29, 1.82) is 0 Å². The maximum absolute atomic E-state index is 3.44. The lowest BCUT2D eigenvalue weighted by molar-refractivity contribution is 0.0959. The molecule has 70 valence electrons. The maximum Gasteiger partial charge on any atom is 0.0236 e. The number of hydrogen-bond donors (Lipinski definition) is 0. The van der Waals surface area contributed by atoms with Crippen LogP contribution in [-0.2, 0) is 6.54 Å². The molecular weight excluding hydrogens is 226 g/mol. The molecule has 0 aromatic heterocycles. The molecule has 1 atom stereocenters. The second kappa shape index (κ2) is 3.81. The van der Waals surface area contributed by atoms with Crippen LogP contribution in [0.25, 0.3) is 0 Å². The fraction of sp³-hybridized carbons (Fsp3) is 0.455. The third-order valence-corrected chi connectivity index (χ3v) is 3.29. The van der Waals surface area contributed by atoms with Gasteiger partial charge in [0.1, 0.15) is 0 Å². The molecule has 0 radical (unpaired) electrons. The van der Waals surface area contributed by atoms with Gasteiger partial charge in [-0.1, -0.05) is 28.1 Å². The highest BCUT2D eigenvalue weighted by atomic mass is 79.9. The Hall–Kier alpha value is -0.340. The van der Waals surface area contributed by atoms with Crippen molar-refractivity contribution in [3.8, 4) is 0 Å². The molecule has 2 heteroatoms. The van der Waals surface area contributed by atoms with Gasteiger partial charge in [0, 0.05) is 23.6 Å². The van der Waals surface area contributed by atoms with E-state index >= 15 is 0 Å². The third kappa shape index (κ3) is 2.12. The highest BCUT2D eigenvalue weighted by Gasteiger charge is 2.22. The SMILES string of the molecule is CC1CCN1Cc1ccc(Br)cc1. The van der Waals surface area contributed by atoms with Gasteiger partial charge in [-0.25, -0.2) is 0 Å². The summed E-state index contributed by atoms with van der Waals surface area (Å²) in [5.74, 6) is 0. The molecule has 0 spiro atoms. The molecule has 1 nitrogen and oxygen atoms in total. The number of rotatable bonds is 2. The predicted molar refractivity (Wildman–Crippen MR) is 58.6 cm³/mol. The lowest BCUT2D eigenvalue weighted by Crippen LogP contribution is -2.44. The molecule has 1 heterocycles. The van der Waals surface area contributed by atoms with Crippen LogP contribution in [0.4, 0.5) is 0 Å². The zero-order chi connectivity index (χ0) is 9.26. The van der Waals surface area contributed by atoms with Crippen LogP contribution in [0.2, 0.25) is 0 Å². The first-order valence-corrected chi connectivity index (χ1v) is 5.53. The molecule has 1 aliphatic rings. The Kier molecular flexibility index (Phi) is 2.70. The molecule has 0 N–H and O–H groups in total. The van der Waals surface area contributed by atoms with Gasteiger partial charge in [-0.05, 0) is 31.0 Å². The number of benzene rings is 1. The number of hydrogen-bond acceptors (Lipinski definition) is 1. The first-order valence-electron chi connectivity index (χ1n) is 4.74. The summed E-state index contributed by atoms with van der Waals surface area (Å²) in [6.07, 6.45) is 1.36. The standard InChI is InChI=1S/C11H14BrN/c1-9-6-7-13(9)8-10-2-4-11(12)5-3-10/h2-5,9H,6-8H2,1H3. The van der Waals surface area contributed by atoms with Crippen molar-refractivity contribution in [2.45, 2.75) is 25.9 Å². The molecular formula is C11H14BrN. The van der Waals surface area contributed by atoms with E-state index < -0.39 is 0 Å². The molecule has 1 aromatic rings. The highest BCUT2D eigenvalue weighted by Crippen LogP contribution is 2.20. The van der Waals surface area contributed by atoms with E-state index in [2.05, 4.69) is 52.0 Å². The Morgan fingerprint density at radius 2 is 2.08 bits per heavy atom. The van der Waals surface area contributed by atoms with Crippen LogP contribution in [0.15, 0.2) is 28.7 Å². The molecule has 2 rings (SSSR count). The van der Waals surface area contributed by atoms with Crippen molar-refractivity contribution in [3.63, 3.8) is 0 Å². The molecule has 0 aliphatic carbocycles. The smallest absolute Gasteiger partial charge is 0.0236 e. The minimum absolute atomic E-state index is 0.781. The molecule has 1 saturated heterocycles. The summed E-state index contributed by atoms with van der Waals surface area (Å²) in [7, 11) is 0. The van der Waals surface area contributed by atoms with Gasteiger partial charge in [0.2, 0.25) is 0 Å². The van der Waals surface area contributed by atoms with E-state index in [4.69, 9.17) is 0 Å². The van der Waals surface area contributed by atoms with Crippen molar-refractivity contribution in [3.05, 3.63) is 34.3 Å². The lowest BCUT2D eigenvalue weighted by Gasteiger charge is -2.38. The Bertz CT molecular complexity index is 281. The van der Waals surface area contributed by atoms with Gasteiger partial charge in [0.25, 0.3) is 0 Å². The largest absolute Gasteiger partial charge is 0.296 e. The van der Waals surface area contributed by atoms with Crippen LogP contribution in [-0.4, -0.2) is 17.5 Å². The summed E-state index contributed by atoms with van der Waals surface area (Å²) in [6, 6.07) is 9.38. The van der Waals surface area contributed by atoms with E-state index in [0.29, 0.717) is 0 Å². The Morgan fingerprint density at radius 3 is 2.54 bits per heavy atom. The second-order valence-electron chi connectivity index (χ2n) is 3.73. The first kappa shape index (κ1) is 9.22. The molecule has 1 fully saturated rings. The van der Waals surface area contributed by atoms with E-state index in [0.717, 1.165) is 17.1 Å². The summed E-state index contributed by atoms with van der Waals surface area (Å²) in [6.45, 7) is 4.66. The molecule has 13 heavy (non-hydrogen) atoms. The summed E-state index contributed by atoms with van der Waals surface area (Å²) in [5, 5.41) is 0. The lowest BCUT2D eigenvalue weighted by atomic mass is 10.0. The van der Waals surface area contributed by atoms with Crippen molar-refractivity contribution in [2.75, 3.05) is 6.54 Å². The van der Waals surface area contributed by atoms with Crippen molar-refractivity contribution >= 4 is 15.9 Å². The average Bonchev–Trinajstić information content (AvgIpc) is 2.15. The maximum atomic E-state index is 3.44. The Labute approximate surface area is 87.9 Å². The molecule has 1 aromatic carbocycles. The van der Waals surface area contributed by atoms with E-state index in [-0.39, 0.29) is 0 Å². The summed E-state index contributed by atoms with van der Waals surface area (Å²) < 4.78 is 1.16. The van der Waals surface area contributed by atoms with Crippen LogP contribution in [0, 0.1) is 0 Å². The average molecular weight is 240 g/mol. The van der Waals surface area contributed by atoms with Gasteiger partial charge in [-0.2, -0.15) is 0 Å². The monoisotopic (exact) mass is 239 g/mol. The summed E-state index contributed by atoms with van der Waals surface area (Å²) in [5.41, 5.74) is 1.41. The van der Waals surface area contributed by atoms with E-state index in [9.17, 15) is 0 Å². The topological polar surface area (TPSA) is 3.24 Å². The van der Waals surface area contributed by atoms with Crippen molar-refractivity contribution in [1.82, 2.24) is 4.90 Å². The molecule has 0 bridgehead atoms. The van der Waals surface area contributed by atoms with Gasteiger partial charge < -0.3 is 0 Å². The van der Waals surface area contributed by atoms with Crippen LogP contribution < -0.4 is 0 Å². The Morgan fingerprint density at radius 1 is 1.38 bits per heavy atom. The quantitative estimate of drug-likeness (QED) is 0.767. The zero-order valence-electron chi connectivity index (χ0n) is 7.83. The third-order valence-electron chi connectivity index (χ3n) is 2.76. The number of nitrogens with zero attached hydrogens (tertiary/aromatic N) is 1. The van der Waals surface area contributed by atoms with Crippen LogP contribution >= 0.6 is 15.9 Å². The first-order chi connectivity index (χ1) is 6.25. The van der Waals surface area contributed by atoms with Crippen LogP contribution in [0.5, 0.6) is 0 Å². The van der Waals surface area contributed by atoms with Gasteiger partial charge in [-0.15, -0.1) is 0 Å². The minimum Gasteiger partial charge on any atom is -0.296 e. The second-order valence-corrected chi connectivity index (χ2v) is 4.65.